The molecule has 0 aliphatic heterocycles. The molecule has 0 atom stereocenters. The van der Waals surface area contributed by atoms with E-state index < -0.39 is 0 Å². The second-order valence-electron chi connectivity index (χ2n) is 7.36. The van der Waals surface area contributed by atoms with Gasteiger partial charge in [-0.1, -0.05) is 60.7 Å². The van der Waals surface area contributed by atoms with Crippen LogP contribution in [0.25, 0.3) is 27.8 Å². The van der Waals surface area contributed by atoms with Gasteiger partial charge >= 0.3 is 0 Å². The van der Waals surface area contributed by atoms with Crippen LogP contribution in [0.5, 0.6) is 5.75 Å². The quantitative estimate of drug-likeness (QED) is 0.208. The van der Waals surface area contributed by atoms with Gasteiger partial charge in [0.25, 0.3) is 0 Å². The molecule has 0 aliphatic carbocycles. The van der Waals surface area contributed by atoms with Crippen molar-refractivity contribution in [2.45, 2.75) is 17.7 Å². The second-order valence-corrected chi connectivity index (χ2v) is 8.32. The van der Waals surface area contributed by atoms with Crippen LogP contribution in [-0.2, 0) is 5.75 Å². The van der Waals surface area contributed by atoms with Crippen LogP contribution in [-0.4, -0.2) is 21.1 Å². The third-order valence-electron chi connectivity index (χ3n) is 5.28. The molecule has 5 heteroatoms. The predicted octanol–water partition coefficient (Wildman–Crippen LogP) is 6.78. The van der Waals surface area contributed by atoms with Crippen molar-refractivity contribution in [2.75, 3.05) is 6.61 Å². The maximum absolute atomic E-state index is 5.61. The number of aromatic nitrogens is 3. The Labute approximate surface area is 191 Å². The SMILES string of the molecule is CCOc1ccc(-n2cc(-c3ccccc3)c3c(SCc4ccccc4)ncnc32)cc1. The Morgan fingerprint density at radius 1 is 0.844 bits per heavy atom. The minimum atomic E-state index is 0.652. The molecule has 2 heterocycles. The van der Waals surface area contributed by atoms with Gasteiger partial charge in [0, 0.05) is 23.2 Å². The van der Waals surface area contributed by atoms with Crippen LogP contribution in [0, 0.1) is 0 Å². The van der Waals surface area contributed by atoms with Gasteiger partial charge in [-0.2, -0.15) is 0 Å². The minimum absolute atomic E-state index is 0.652. The monoisotopic (exact) mass is 437 g/mol. The molecule has 0 N–H and O–H groups in total. The van der Waals surface area contributed by atoms with Gasteiger partial charge in [-0.05, 0) is 42.3 Å². The molecule has 5 aromatic rings. The maximum Gasteiger partial charge on any atom is 0.149 e. The van der Waals surface area contributed by atoms with Gasteiger partial charge in [0.1, 0.15) is 22.7 Å². The molecule has 0 aliphatic rings. The van der Waals surface area contributed by atoms with E-state index in [1.54, 1.807) is 18.1 Å². The van der Waals surface area contributed by atoms with Gasteiger partial charge in [-0.15, -0.1) is 11.8 Å². The van der Waals surface area contributed by atoms with Crippen LogP contribution in [0.1, 0.15) is 12.5 Å². The summed E-state index contributed by atoms with van der Waals surface area (Å²) in [6.07, 6.45) is 3.83. The summed E-state index contributed by atoms with van der Waals surface area (Å²) in [5, 5.41) is 2.07. The standard InChI is InChI=1S/C27H23N3OS/c1-2-31-23-15-13-22(14-16-23)30-17-24(21-11-7-4-8-12-21)25-26(30)28-19-29-27(25)32-18-20-9-5-3-6-10-20/h3-17,19H,2,18H2,1H3. The molecule has 0 spiro atoms. The van der Waals surface area contributed by atoms with E-state index in [1.807, 2.05) is 31.2 Å². The molecule has 0 fully saturated rings. The summed E-state index contributed by atoms with van der Waals surface area (Å²) in [7, 11) is 0. The van der Waals surface area contributed by atoms with E-state index in [4.69, 9.17) is 4.74 Å². The molecule has 32 heavy (non-hydrogen) atoms. The van der Waals surface area contributed by atoms with Gasteiger partial charge in [0.05, 0.1) is 12.0 Å². The molecule has 3 aromatic carbocycles. The predicted molar refractivity (Wildman–Crippen MR) is 131 cm³/mol. The lowest BCUT2D eigenvalue weighted by molar-refractivity contribution is 0.340. The topological polar surface area (TPSA) is 39.9 Å². The van der Waals surface area contributed by atoms with Crippen LogP contribution < -0.4 is 4.74 Å². The summed E-state index contributed by atoms with van der Waals surface area (Å²) in [6.45, 7) is 2.64. The first-order valence-corrected chi connectivity index (χ1v) is 11.6. The van der Waals surface area contributed by atoms with E-state index in [0.717, 1.165) is 44.4 Å². The third-order valence-corrected chi connectivity index (χ3v) is 6.34. The molecule has 0 unspecified atom stereocenters. The second kappa shape index (κ2) is 9.28. The van der Waals surface area contributed by atoms with E-state index in [2.05, 4.69) is 81.4 Å². The summed E-state index contributed by atoms with van der Waals surface area (Å²) in [5.74, 6) is 1.72. The molecule has 0 saturated heterocycles. The summed E-state index contributed by atoms with van der Waals surface area (Å²) in [5.41, 5.74) is 5.50. The first kappa shape index (κ1) is 20.3. The zero-order valence-electron chi connectivity index (χ0n) is 17.8. The molecule has 0 bridgehead atoms. The molecule has 0 saturated carbocycles. The van der Waals surface area contributed by atoms with Crippen molar-refractivity contribution in [2.24, 2.45) is 0 Å². The zero-order valence-corrected chi connectivity index (χ0v) is 18.6. The van der Waals surface area contributed by atoms with E-state index in [1.165, 1.54) is 5.56 Å². The first-order valence-electron chi connectivity index (χ1n) is 10.6. The van der Waals surface area contributed by atoms with Crippen LogP contribution in [0.3, 0.4) is 0 Å². The van der Waals surface area contributed by atoms with Crippen molar-refractivity contribution in [3.05, 3.63) is 103 Å². The summed E-state index contributed by atoms with van der Waals surface area (Å²) >= 11 is 1.74. The molecule has 5 rings (SSSR count). The van der Waals surface area contributed by atoms with Gasteiger partial charge < -0.3 is 9.30 Å². The number of ether oxygens (including phenoxy) is 1. The maximum atomic E-state index is 5.61. The zero-order chi connectivity index (χ0) is 21.8. The van der Waals surface area contributed by atoms with Crippen molar-refractivity contribution < 1.29 is 4.74 Å². The smallest absolute Gasteiger partial charge is 0.149 e. The van der Waals surface area contributed by atoms with Gasteiger partial charge in [0.2, 0.25) is 0 Å². The van der Waals surface area contributed by atoms with Crippen molar-refractivity contribution in [3.8, 4) is 22.6 Å². The van der Waals surface area contributed by atoms with Crippen molar-refractivity contribution in [3.63, 3.8) is 0 Å². The minimum Gasteiger partial charge on any atom is -0.494 e. The molecule has 2 aromatic heterocycles. The Balaban J connectivity index is 1.62. The molecule has 0 amide bonds. The van der Waals surface area contributed by atoms with E-state index in [-0.39, 0.29) is 0 Å². The lowest BCUT2D eigenvalue weighted by Crippen LogP contribution is -1.96. The summed E-state index contributed by atoms with van der Waals surface area (Å²) in [6, 6.07) is 29.1. The van der Waals surface area contributed by atoms with Crippen molar-refractivity contribution in [1.29, 1.82) is 0 Å². The first-order chi connectivity index (χ1) is 15.8. The Morgan fingerprint density at radius 3 is 2.28 bits per heavy atom. The number of thioether (sulfide) groups is 1. The highest BCUT2D eigenvalue weighted by Gasteiger charge is 2.17. The van der Waals surface area contributed by atoms with Crippen LogP contribution >= 0.6 is 11.8 Å². The van der Waals surface area contributed by atoms with E-state index in [0.29, 0.717) is 6.61 Å². The van der Waals surface area contributed by atoms with Crippen LogP contribution in [0.15, 0.2) is 102 Å². The Bertz CT molecular complexity index is 1320. The number of rotatable bonds is 7. The lowest BCUT2D eigenvalue weighted by atomic mass is 10.1. The van der Waals surface area contributed by atoms with Gasteiger partial charge in [-0.3, -0.25) is 0 Å². The van der Waals surface area contributed by atoms with Gasteiger partial charge in [0.15, 0.2) is 0 Å². The number of hydrogen-bond donors (Lipinski definition) is 0. The normalized spacial score (nSPS) is 11.0. The van der Waals surface area contributed by atoms with Crippen LogP contribution in [0.2, 0.25) is 0 Å². The highest BCUT2D eigenvalue weighted by atomic mass is 32.2. The van der Waals surface area contributed by atoms with E-state index in [9.17, 15) is 0 Å². The Morgan fingerprint density at radius 2 is 1.56 bits per heavy atom. The van der Waals surface area contributed by atoms with Crippen molar-refractivity contribution >= 4 is 22.8 Å². The molecule has 4 nitrogen and oxygen atoms in total. The Hall–Kier alpha value is -3.57. The molecule has 158 valence electrons. The highest BCUT2D eigenvalue weighted by Crippen LogP contribution is 2.37. The number of hydrogen-bond acceptors (Lipinski definition) is 4. The highest BCUT2D eigenvalue weighted by molar-refractivity contribution is 7.98. The number of nitrogens with zero attached hydrogens (tertiary/aromatic N) is 3. The lowest BCUT2D eigenvalue weighted by Gasteiger charge is -2.08. The fourth-order valence-corrected chi connectivity index (χ4v) is 4.74. The van der Waals surface area contributed by atoms with Crippen LogP contribution in [0.4, 0.5) is 0 Å². The largest absolute Gasteiger partial charge is 0.494 e. The average Bonchev–Trinajstić information content (AvgIpc) is 3.25. The number of fused-ring (bicyclic) bond motifs is 1. The fourth-order valence-electron chi connectivity index (χ4n) is 3.77. The number of benzene rings is 3. The fraction of sp³-hybridized carbons (Fsp3) is 0.111. The summed E-state index contributed by atoms with van der Waals surface area (Å²) in [4.78, 5) is 9.36. The average molecular weight is 438 g/mol. The van der Waals surface area contributed by atoms with Crippen molar-refractivity contribution in [1.82, 2.24) is 14.5 Å². The summed E-state index contributed by atoms with van der Waals surface area (Å²) < 4.78 is 7.75. The molecule has 0 radical (unpaired) electrons. The Kier molecular flexibility index (Phi) is 5.90. The molecular formula is C27H23N3OS. The third kappa shape index (κ3) is 4.12. The molecular weight excluding hydrogens is 414 g/mol. The van der Waals surface area contributed by atoms with Gasteiger partial charge in [-0.25, -0.2) is 9.97 Å². The van der Waals surface area contributed by atoms with E-state index >= 15 is 0 Å².